The van der Waals surface area contributed by atoms with Crippen LogP contribution in [-0.2, 0) is 38.0 Å². The van der Waals surface area contributed by atoms with Gasteiger partial charge < -0.3 is 58.7 Å². The van der Waals surface area contributed by atoms with Gasteiger partial charge in [-0.1, -0.05) is 58.6 Å². The lowest BCUT2D eigenvalue weighted by Crippen LogP contribution is -2.63. The van der Waals surface area contributed by atoms with Crippen LogP contribution in [0.5, 0.6) is 5.75 Å². The van der Waals surface area contributed by atoms with Crippen molar-refractivity contribution in [3.05, 3.63) is 41.5 Å². The average Bonchev–Trinajstić information content (AvgIpc) is 3.51. The number of fused-ring (bicyclic) bond motifs is 5. The Hall–Kier alpha value is -3.15. The first-order chi connectivity index (χ1) is 30.9. The van der Waals surface area contributed by atoms with E-state index in [1.54, 1.807) is 12.1 Å². The summed E-state index contributed by atoms with van der Waals surface area (Å²) in [6, 6.07) is 6.19. The number of aliphatic hydroxyl groups excluding tert-OH is 4. The summed E-state index contributed by atoms with van der Waals surface area (Å²) in [7, 11) is 1.50. The van der Waals surface area contributed by atoms with E-state index in [4.69, 9.17) is 33.2 Å². The first-order valence-electron chi connectivity index (χ1n) is 24.2. The van der Waals surface area contributed by atoms with Gasteiger partial charge in [0.15, 0.2) is 18.5 Å². The minimum Gasteiger partial charge on any atom is -0.497 e. The molecule has 1 aromatic carbocycles. The summed E-state index contributed by atoms with van der Waals surface area (Å²) in [6.07, 6.45) is -0.166. The summed E-state index contributed by atoms with van der Waals surface area (Å²) in [6.45, 7) is 9.34. The molecular weight excluding hydrogens is 841 g/mol. The summed E-state index contributed by atoms with van der Waals surface area (Å²) in [5.74, 6) is -1.36. The highest BCUT2D eigenvalue weighted by Gasteiger charge is 2.70. The Balaban J connectivity index is 1.16. The van der Waals surface area contributed by atoms with Crippen LogP contribution in [0.4, 0.5) is 0 Å². The topological polar surface area (TPSA) is 217 Å². The molecule has 0 bridgehead atoms. The Morgan fingerprint density at radius 3 is 2.34 bits per heavy atom. The molecule has 7 rings (SSSR count). The predicted molar refractivity (Wildman–Crippen MR) is 235 cm³/mol. The molecule has 15 heteroatoms. The van der Waals surface area contributed by atoms with Crippen LogP contribution in [0.15, 0.2) is 35.9 Å². The second-order valence-corrected chi connectivity index (χ2v) is 20.4. The summed E-state index contributed by atoms with van der Waals surface area (Å²) in [5, 5.41) is 57.5. The van der Waals surface area contributed by atoms with Crippen molar-refractivity contribution in [2.45, 2.75) is 191 Å². The van der Waals surface area contributed by atoms with Gasteiger partial charge in [0.2, 0.25) is 0 Å². The quantitative estimate of drug-likeness (QED) is 0.0613. The van der Waals surface area contributed by atoms with Gasteiger partial charge >= 0.3 is 17.9 Å². The molecule has 1 saturated heterocycles. The van der Waals surface area contributed by atoms with Crippen molar-refractivity contribution in [3.8, 4) is 5.75 Å². The van der Waals surface area contributed by atoms with E-state index in [1.165, 1.54) is 31.7 Å². The zero-order chi connectivity index (χ0) is 46.8. The number of aliphatic hydroxyl groups is 5. The minimum absolute atomic E-state index is 0.0189. The second kappa shape index (κ2) is 20.6. The number of benzene rings is 1. The first-order valence-corrected chi connectivity index (χ1v) is 24.2. The van der Waals surface area contributed by atoms with Gasteiger partial charge in [0.25, 0.3) is 0 Å². The second-order valence-electron chi connectivity index (χ2n) is 20.4. The Morgan fingerprint density at radius 1 is 0.877 bits per heavy atom. The van der Waals surface area contributed by atoms with E-state index in [-0.39, 0.29) is 60.9 Å². The molecule has 5 N–H and O–H groups in total. The average molecular weight is 915 g/mol. The van der Waals surface area contributed by atoms with Crippen molar-refractivity contribution < 1.29 is 73.1 Å². The van der Waals surface area contributed by atoms with Crippen molar-refractivity contribution in [2.75, 3.05) is 20.3 Å². The predicted octanol–water partition coefficient (Wildman–Crippen LogP) is 5.34. The summed E-state index contributed by atoms with van der Waals surface area (Å²) in [4.78, 5) is 39.3. The maximum Gasteiger partial charge on any atom is 0.338 e. The number of hydrogen-bond donors (Lipinski definition) is 5. The van der Waals surface area contributed by atoms with Crippen LogP contribution >= 0.6 is 0 Å². The molecule has 0 amide bonds. The fraction of sp³-hybridized carbons (Fsp3) is 0.780. The van der Waals surface area contributed by atoms with Crippen LogP contribution < -0.4 is 4.74 Å². The van der Waals surface area contributed by atoms with Gasteiger partial charge in [0.05, 0.1) is 50.3 Å². The number of carbonyl (C=O) groups excluding carboxylic acids is 3. The van der Waals surface area contributed by atoms with Gasteiger partial charge in [0, 0.05) is 24.7 Å². The molecule has 1 aromatic rings. The molecule has 3 unspecified atom stereocenters. The third-order valence-electron chi connectivity index (χ3n) is 16.6. The molecule has 0 radical (unpaired) electrons. The molecule has 1 heterocycles. The van der Waals surface area contributed by atoms with Crippen LogP contribution in [0.3, 0.4) is 0 Å². The molecule has 5 aliphatic carbocycles. The Morgan fingerprint density at radius 2 is 1.63 bits per heavy atom. The van der Waals surface area contributed by atoms with E-state index >= 15 is 0 Å². The first kappa shape index (κ1) is 49.7. The zero-order valence-electron chi connectivity index (χ0n) is 39.1. The fourth-order valence-electron chi connectivity index (χ4n) is 12.9. The summed E-state index contributed by atoms with van der Waals surface area (Å²) >= 11 is 0. The highest BCUT2D eigenvalue weighted by Crippen LogP contribution is 2.69. The highest BCUT2D eigenvalue weighted by molar-refractivity contribution is 5.89. The van der Waals surface area contributed by atoms with E-state index in [9.17, 15) is 39.9 Å². The molecule has 1 aliphatic heterocycles. The number of carbonyl (C=O) groups is 3. The van der Waals surface area contributed by atoms with E-state index in [0.717, 1.165) is 51.4 Å². The molecule has 6 aliphatic rings. The van der Waals surface area contributed by atoms with Crippen molar-refractivity contribution in [3.63, 3.8) is 0 Å². The molecule has 0 spiro atoms. The van der Waals surface area contributed by atoms with Crippen molar-refractivity contribution in [1.29, 1.82) is 0 Å². The Labute approximate surface area is 383 Å². The lowest BCUT2D eigenvalue weighted by atomic mass is 9.46. The number of unbranched alkanes of at least 4 members (excludes halogenated alkanes) is 3. The summed E-state index contributed by atoms with van der Waals surface area (Å²) < 4.78 is 42.4. The molecule has 5 fully saturated rings. The van der Waals surface area contributed by atoms with E-state index in [2.05, 4.69) is 26.8 Å². The number of esters is 3. The number of allylic oxidation sites excluding steroid dienone is 1. The van der Waals surface area contributed by atoms with Gasteiger partial charge in [-0.15, -0.1) is 0 Å². The number of hydrogen-bond acceptors (Lipinski definition) is 15. The van der Waals surface area contributed by atoms with Crippen LogP contribution in [0.1, 0.15) is 135 Å². The summed E-state index contributed by atoms with van der Waals surface area (Å²) in [5.41, 5.74) is -0.825. The molecule has 65 heavy (non-hydrogen) atoms. The zero-order valence-corrected chi connectivity index (χ0v) is 39.1. The van der Waals surface area contributed by atoms with Crippen LogP contribution in [-0.4, -0.2) is 131 Å². The third kappa shape index (κ3) is 9.91. The number of methoxy groups -OCH3 is 1. The van der Waals surface area contributed by atoms with Crippen molar-refractivity contribution in [2.24, 2.45) is 34.5 Å². The van der Waals surface area contributed by atoms with Gasteiger partial charge in [0.1, 0.15) is 29.7 Å². The Kier molecular flexibility index (Phi) is 15.8. The monoisotopic (exact) mass is 915 g/mol. The largest absolute Gasteiger partial charge is 0.497 e. The van der Waals surface area contributed by atoms with Crippen molar-refractivity contribution in [1.82, 2.24) is 0 Å². The molecular formula is C50H74O15. The van der Waals surface area contributed by atoms with Gasteiger partial charge in [-0.2, -0.15) is 0 Å². The minimum atomic E-state index is -1.56. The normalized spacial score (nSPS) is 40.6. The van der Waals surface area contributed by atoms with Crippen LogP contribution in [0.25, 0.3) is 0 Å². The highest BCUT2D eigenvalue weighted by atomic mass is 16.7. The SMILES string of the molecule is CCCCCCC(=O)OC[C@@H](C)[C@@]1(O)[C@@H](O[C@@H]2OC[C@H](O)[C@H](O[C@@H]3CC[C@@H](O)[C@H](O)[C@H]3OC(=O)c3ccc(OC)cc3)[C@H]2OC(C)=O)CC2C3CC=C4C[C@@H](O)CC[C@]4(C)C3CC[C@@]21C. The van der Waals surface area contributed by atoms with Crippen molar-refractivity contribution >= 4 is 17.9 Å². The van der Waals surface area contributed by atoms with E-state index in [1.807, 2.05) is 6.92 Å². The Bertz CT molecular complexity index is 1840. The van der Waals surface area contributed by atoms with Gasteiger partial charge in [-0.05, 0) is 112 Å². The molecule has 4 saturated carbocycles. The smallest absolute Gasteiger partial charge is 0.338 e. The molecule has 17 atom stereocenters. The fourth-order valence-corrected chi connectivity index (χ4v) is 12.9. The van der Waals surface area contributed by atoms with Crippen LogP contribution in [0, 0.1) is 34.5 Å². The number of rotatable bonds is 16. The lowest BCUT2D eigenvalue weighted by Gasteiger charge is -2.59. The van der Waals surface area contributed by atoms with Gasteiger partial charge in [-0.3, -0.25) is 9.59 Å². The third-order valence-corrected chi connectivity index (χ3v) is 16.6. The molecule has 364 valence electrons. The maximum absolute atomic E-state index is 13.5. The standard InChI is InChI=1S/C50H74O15/c1-7-8-9-10-11-41(55)60-26-28(2)50(58)40(25-36-34-17-14-31-24-32(52)20-22-48(31,4)35(34)21-23-49(36,50)5)64-47-45(62-29(3)51)43(38(54)27-61-47)63-39-19-18-37(53)42(56)44(39)65-46(57)30-12-15-33(59-6)16-13-30/h12-16,28,32,34-40,42-45,47,52-54,56,58H,7-11,17-27H2,1-6H3/t28-,32+,34?,35?,36?,37-,38+,39-,40+,42+,43+,44+,45-,47+,48+,49+,50-/m1/s1. The van der Waals surface area contributed by atoms with Gasteiger partial charge in [-0.25, -0.2) is 4.79 Å². The lowest BCUT2D eigenvalue weighted by molar-refractivity contribution is -0.321. The van der Waals surface area contributed by atoms with Crippen LogP contribution in [0.2, 0.25) is 0 Å². The molecule has 0 aromatic heterocycles. The van der Waals surface area contributed by atoms with E-state index in [0.29, 0.717) is 37.4 Å². The van der Waals surface area contributed by atoms with E-state index < -0.39 is 84.0 Å². The molecule has 15 nitrogen and oxygen atoms in total. The maximum atomic E-state index is 13.5. The number of ether oxygens (including phenoxy) is 7.